The number of aliphatic hydroxyl groups excluding tert-OH is 1. The Bertz CT molecular complexity index is 509. The fourth-order valence-electron chi connectivity index (χ4n) is 1.28. The standard InChI is InChI=1S/C15H18BrNO3/c1-15(2,3)20-14(19)17-13(10-18)9-6-11-4-7-12(16)8-5-11/h4-5,7-8,13,18H,10H2,1-3H3,(H,17,19)/t13-/m0/s1. The molecule has 1 rings (SSSR count). The van der Waals surface area contributed by atoms with Crippen LogP contribution in [-0.4, -0.2) is 29.4 Å². The predicted molar refractivity (Wildman–Crippen MR) is 81.3 cm³/mol. The molecule has 1 aromatic rings. The minimum Gasteiger partial charge on any atom is -0.444 e. The van der Waals surface area contributed by atoms with Gasteiger partial charge in [0.05, 0.1) is 6.61 Å². The van der Waals surface area contributed by atoms with Gasteiger partial charge in [-0.3, -0.25) is 0 Å². The van der Waals surface area contributed by atoms with Gasteiger partial charge in [-0.2, -0.15) is 0 Å². The van der Waals surface area contributed by atoms with Gasteiger partial charge >= 0.3 is 6.09 Å². The molecule has 0 aliphatic carbocycles. The van der Waals surface area contributed by atoms with Crippen LogP contribution < -0.4 is 5.32 Å². The zero-order chi connectivity index (χ0) is 15.2. The Hall–Kier alpha value is -1.51. The van der Waals surface area contributed by atoms with Gasteiger partial charge in [0.15, 0.2) is 0 Å². The van der Waals surface area contributed by atoms with E-state index < -0.39 is 17.7 Å². The molecule has 5 heteroatoms. The molecule has 0 bridgehead atoms. The number of benzene rings is 1. The number of aliphatic hydroxyl groups is 1. The summed E-state index contributed by atoms with van der Waals surface area (Å²) < 4.78 is 6.07. The van der Waals surface area contributed by atoms with E-state index in [0.717, 1.165) is 10.0 Å². The molecule has 1 aromatic carbocycles. The van der Waals surface area contributed by atoms with Crippen LogP contribution in [0.1, 0.15) is 26.3 Å². The molecule has 1 atom stereocenters. The van der Waals surface area contributed by atoms with Crippen molar-refractivity contribution in [3.05, 3.63) is 34.3 Å². The lowest BCUT2D eigenvalue weighted by Crippen LogP contribution is -2.40. The van der Waals surface area contributed by atoms with Crippen molar-refractivity contribution in [2.75, 3.05) is 6.61 Å². The van der Waals surface area contributed by atoms with Crippen molar-refractivity contribution < 1.29 is 14.6 Å². The van der Waals surface area contributed by atoms with Gasteiger partial charge in [-0.05, 0) is 45.0 Å². The van der Waals surface area contributed by atoms with Crippen molar-refractivity contribution >= 4 is 22.0 Å². The van der Waals surface area contributed by atoms with Crippen LogP contribution in [0.25, 0.3) is 0 Å². The average molecular weight is 340 g/mol. The smallest absolute Gasteiger partial charge is 0.408 e. The van der Waals surface area contributed by atoms with Gasteiger partial charge in [-0.1, -0.05) is 27.8 Å². The SMILES string of the molecule is CC(C)(C)OC(=O)N[C@@H](C#Cc1ccc(Br)cc1)CO. The van der Waals surface area contributed by atoms with Crippen molar-refractivity contribution in [2.24, 2.45) is 0 Å². The highest BCUT2D eigenvalue weighted by atomic mass is 79.9. The number of ether oxygens (including phenoxy) is 1. The van der Waals surface area contributed by atoms with Crippen LogP contribution in [0.3, 0.4) is 0 Å². The molecule has 108 valence electrons. The van der Waals surface area contributed by atoms with Crippen LogP contribution in [0, 0.1) is 11.8 Å². The molecule has 1 amide bonds. The summed E-state index contributed by atoms with van der Waals surface area (Å²) in [4.78, 5) is 11.6. The first-order chi connectivity index (χ1) is 9.30. The van der Waals surface area contributed by atoms with Crippen molar-refractivity contribution in [1.82, 2.24) is 5.32 Å². The second-order valence-corrected chi connectivity index (χ2v) is 6.07. The summed E-state index contributed by atoms with van der Waals surface area (Å²) in [6.07, 6.45) is -0.596. The largest absolute Gasteiger partial charge is 0.444 e. The quantitative estimate of drug-likeness (QED) is 0.814. The molecule has 0 aliphatic heterocycles. The van der Waals surface area contributed by atoms with Crippen LogP contribution in [0.2, 0.25) is 0 Å². The second-order valence-electron chi connectivity index (χ2n) is 5.16. The van der Waals surface area contributed by atoms with E-state index in [0.29, 0.717) is 0 Å². The lowest BCUT2D eigenvalue weighted by Gasteiger charge is -2.20. The van der Waals surface area contributed by atoms with Gasteiger partial charge in [0.2, 0.25) is 0 Å². The summed E-state index contributed by atoms with van der Waals surface area (Å²) in [5, 5.41) is 11.7. The van der Waals surface area contributed by atoms with Crippen LogP contribution in [0.15, 0.2) is 28.7 Å². The molecule has 0 unspecified atom stereocenters. The summed E-state index contributed by atoms with van der Waals surface area (Å²) in [6, 6.07) is 6.78. The third-order valence-corrected chi connectivity index (χ3v) is 2.64. The summed E-state index contributed by atoms with van der Waals surface area (Å²) >= 11 is 3.34. The van der Waals surface area contributed by atoms with E-state index >= 15 is 0 Å². The molecule has 4 nitrogen and oxygen atoms in total. The topological polar surface area (TPSA) is 58.6 Å². The number of rotatable bonds is 2. The molecule has 0 saturated carbocycles. The van der Waals surface area contributed by atoms with E-state index in [1.54, 1.807) is 20.8 Å². The Morgan fingerprint density at radius 1 is 1.40 bits per heavy atom. The number of carbonyl (C=O) groups is 1. The highest BCUT2D eigenvalue weighted by Crippen LogP contribution is 2.09. The van der Waals surface area contributed by atoms with Crippen LogP contribution in [0.4, 0.5) is 4.79 Å². The molecular formula is C15H18BrNO3. The van der Waals surface area contributed by atoms with Crippen LogP contribution in [-0.2, 0) is 4.74 Å². The minimum absolute atomic E-state index is 0.275. The number of nitrogens with one attached hydrogen (secondary N) is 1. The third kappa shape index (κ3) is 6.60. The van der Waals surface area contributed by atoms with Gasteiger partial charge in [0.1, 0.15) is 11.6 Å². The molecule has 0 radical (unpaired) electrons. The van der Waals surface area contributed by atoms with Gasteiger partial charge in [-0.15, -0.1) is 0 Å². The lowest BCUT2D eigenvalue weighted by molar-refractivity contribution is 0.0501. The van der Waals surface area contributed by atoms with Gasteiger partial charge in [0, 0.05) is 10.0 Å². The second kappa shape index (κ2) is 7.32. The Kier molecular flexibility index (Phi) is 6.05. The monoisotopic (exact) mass is 339 g/mol. The van der Waals surface area contributed by atoms with E-state index in [1.165, 1.54) is 0 Å². The number of alkyl carbamates (subject to hydrolysis) is 1. The summed E-state index contributed by atoms with van der Waals surface area (Å²) in [7, 11) is 0. The molecule has 0 aromatic heterocycles. The molecular weight excluding hydrogens is 322 g/mol. The summed E-state index contributed by atoms with van der Waals surface area (Å²) in [5.41, 5.74) is 0.223. The zero-order valence-corrected chi connectivity index (χ0v) is 13.3. The van der Waals surface area contributed by atoms with Crippen molar-refractivity contribution in [3.63, 3.8) is 0 Å². The maximum atomic E-state index is 11.6. The average Bonchev–Trinajstić information content (AvgIpc) is 2.34. The molecule has 0 fully saturated rings. The highest BCUT2D eigenvalue weighted by molar-refractivity contribution is 9.10. The summed E-state index contributed by atoms with van der Waals surface area (Å²) in [5.74, 6) is 5.68. The molecule has 0 aliphatic rings. The van der Waals surface area contributed by atoms with Crippen LogP contribution >= 0.6 is 15.9 Å². The Morgan fingerprint density at radius 2 is 2.00 bits per heavy atom. The number of carbonyl (C=O) groups excluding carboxylic acids is 1. The molecule has 0 saturated heterocycles. The first kappa shape index (κ1) is 16.5. The third-order valence-electron chi connectivity index (χ3n) is 2.11. The molecule has 20 heavy (non-hydrogen) atoms. The molecule has 2 N–H and O–H groups in total. The normalized spacial score (nSPS) is 12.1. The Labute approximate surface area is 127 Å². The van der Waals surface area contributed by atoms with E-state index in [1.807, 2.05) is 24.3 Å². The zero-order valence-electron chi connectivity index (χ0n) is 11.7. The number of hydrogen-bond acceptors (Lipinski definition) is 3. The fraction of sp³-hybridized carbons (Fsp3) is 0.400. The maximum Gasteiger partial charge on any atom is 0.408 e. The van der Waals surface area contributed by atoms with Gasteiger partial charge in [0.25, 0.3) is 0 Å². The maximum absolute atomic E-state index is 11.6. The number of hydrogen-bond donors (Lipinski definition) is 2. The van der Waals surface area contributed by atoms with Crippen LogP contribution in [0.5, 0.6) is 0 Å². The number of amides is 1. The molecule has 0 heterocycles. The van der Waals surface area contributed by atoms with E-state index in [4.69, 9.17) is 4.74 Å². The predicted octanol–water partition coefficient (Wildman–Crippen LogP) is 2.69. The van der Waals surface area contributed by atoms with Crippen molar-refractivity contribution in [2.45, 2.75) is 32.4 Å². The number of halogens is 1. The van der Waals surface area contributed by atoms with E-state index in [2.05, 4.69) is 33.1 Å². The molecule has 0 spiro atoms. The van der Waals surface area contributed by atoms with Crippen molar-refractivity contribution in [3.8, 4) is 11.8 Å². The minimum atomic E-state index is -0.659. The van der Waals surface area contributed by atoms with Gasteiger partial charge in [-0.25, -0.2) is 4.79 Å². The highest BCUT2D eigenvalue weighted by Gasteiger charge is 2.18. The first-order valence-electron chi connectivity index (χ1n) is 6.17. The van der Waals surface area contributed by atoms with E-state index in [9.17, 15) is 9.90 Å². The lowest BCUT2D eigenvalue weighted by atomic mass is 10.2. The Morgan fingerprint density at radius 3 is 2.50 bits per heavy atom. The van der Waals surface area contributed by atoms with E-state index in [-0.39, 0.29) is 6.61 Å². The van der Waals surface area contributed by atoms with Gasteiger partial charge < -0.3 is 15.2 Å². The summed E-state index contributed by atoms with van der Waals surface area (Å²) in [6.45, 7) is 5.04. The fourth-order valence-corrected chi connectivity index (χ4v) is 1.55. The van der Waals surface area contributed by atoms with Crippen molar-refractivity contribution in [1.29, 1.82) is 0 Å². The first-order valence-corrected chi connectivity index (χ1v) is 6.97. The Balaban J connectivity index is 2.64.